The van der Waals surface area contributed by atoms with Crippen molar-refractivity contribution in [1.29, 1.82) is 5.26 Å². The Morgan fingerprint density at radius 2 is 2.28 bits per heavy atom. The van der Waals surface area contributed by atoms with Crippen LogP contribution in [0.2, 0.25) is 0 Å². The number of likely N-dealkylation sites (tertiary alicyclic amines) is 1. The number of benzene rings is 1. The van der Waals surface area contributed by atoms with Gasteiger partial charge in [-0.1, -0.05) is 13.0 Å². The van der Waals surface area contributed by atoms with Gasteiger partial charge >= 0.3 is 0 Å². The van der Waals surface area contributed by atoms with Crippen LogP contribution in [0.4, 0.5) is 4.39 Å². The SMILES string of the molecule is CCC(=O)N1CCC(NC(=NC)NCc2ccc(C#N)cc2F)C1.I. The second-order valence-corrected chi connectivity index (χ2v) is 5.67. The lowest BCUT2D eigenvalue weighted by Crippen LogP contribution is -2.44. The quantitative estimate of drug-likeness (QED) is 0.410. The summed E-state index contributed by atoms with van der Waals surface area (Å²) in [6.45, 7) is 3.52. The molecule has 0 aliphatic carbocycles. The normalized spacial score (nSPS) is 16.8. The van der Waals surface area contributed by atoms with E-state index in [0.29, 0.717) is 30.1 Å². The highest BCUT2D eigenvalue weighted by molar-refractivity contribution is 14.0. The summed E-state index contributed by atoms with van der Waals surface area (Å²) in [5.74, 6) is 0.300. The molecule has 1 fully saturated rings. The van der Waals surface area contributed by atoms with Crippen LogP contribution in [0.1, 0.15) is 30.9 Å². The molecule has 136 valence electrons. The molecular weight excluding hydrogens is 436 g/mol. The molecule has 0 aromatic heterocycles. The molecule has 1 aliphatic rings. The lowest BCUT2D eigenvalue weighted by Gasteiger charge is -2.19. The Balaban J connectivity index is 0.00000312. The number of guanidine groups is 1. The standard InChI is InChI=1S/C17H22FN5O.HI/c1-3-16(24)23-7-6-14(11-23)22-17(20-2)21-10-13-5-4-12(9-19)8-15(13)18;/h4-5,8,14H,3,6-7,10-11H2,1-2H3,(H2,20,21,22);1H. The van der Waals surface area contributed by atoms with E-state index >= 15 is 0 Å². The van der Waals surface area contributed by atoms with Crippen molar-refractivity contribution in [1.82, 2.24) is 15.5 Å². The zero-order valence-corrected chi connectivity index (χ0v) is 16.7. The van der Waals surface area contributed by atoms with Gasteiger partial charge in [-0.3, -0.25) is 9.79 Å². The van der Waals surface area contributed by atoms with Crippen LogP contribution in [0, 0.1) is 17.1 Å². The summed E-state index contributed by atoms with van der Waals surface area (Å²) in [6.07, 6.45) is 1.37. The average Bonchev–Trinajstić information content (AvgIpc) is 3.07. The van der Waals surface area contributed by atoms with Crippen molar-refractivity contribution in [2.75, 3.05) is 20.1 Å². The fraction of sp³-hybridized carbons (Fsp3) is 0.471. The maximum Gasteiger partial charge on any atom is 0.222 e. The lowest BCUT2D eigenvalue weighted by atomic mass is 10.1. The summed E-state index contributed by atoms with van der Waals surface area (Å²) in [5, 5.41) is 15.1. The van der Waals surface area contributed by atoms with E-state index in [1.54, 1.807) is 19.2 Å². The van der Waals surface area contributed by atoms with Crippen LogP contribution < -0.4 is 10.6 Å². The highest BCUT2D eigenvalue weighted by Gasteiger charge is 2.25. The summed E-state index contributed by atoms with van der Waals surface area (Å²) < 4.78 is 13.9. The van der Waals surface area contributed by atoms with E-state index in [1.165, 1.54) is 6.07 Å². The molecule has 1 amide bonds. The van der Waals surface area contributed by atoms with Crippen molar-refractivity contribution in [3.05, 3.63) is 35.1 Å². The van der Waals surface area contributed by atoms with Gasteiger partial charge in [-0.05, 0) is 18.6 Å². The maximum atomic E-state index is 13.9. The van der Waals surface area contributed by atoms with Gasteiger partial charge in [0, 0.05) is 44.7 Å². The topological polar surface area (TPSA) is 80.5 Å². The fourth-order valence-corrected chi connectivity index (χ4v) is 2.66. The molecule has 1 heterocycles. The smallest absolute Gasteiger partial charge is 0.222 e. The summed E-state index contributed by atoms with van der Waals surface area (Å²) in [6, 6.07) is 6.44. The molecule has 1 saturated heterocycles. The predicted molar refractivity (Wildman–Crippen MR) is 105 cm³/mol. The molecular formula is C17H23FIN5O. The average molecular weight is 459 g/mol. The molecule has 0 spiro atoms. The monoisotopic (exact) mass is 459 g/mol. The first kappa shape index (κ1) is 21.2. The minimum atomic E-state index is -0.419. The van der Waals surface area contributed by atoms with Gasteiger partial charge in [0.05, 0.1) is 11.6 Å². The number of hydrogen-bond acceptors (Lipinski definition) is 3. The highest BCUT2D eigenvalue weighted by atomic mass is 127. The summed E-state index contributed by atoms with van der Waals surface area (Å²) in [4.78, 5) is 17.7. The Morgan fingerprint density at radius 3 is 2.88 bits per heavy atom. The molecule has 1 aliphatic heterocycles. The molecule has 8 heteroatoms. The second-order valence-electron chi connectivity index (χ2n) is 5.67. The Bertz CT molecular complexity index is 673. The molecule has 1 atom stereocenters. The van der Waals surface area contributed by atoms with Crippen molar-refractivity contribution >= 4 is 35.8 Å². The number of carbonyl (C=O) groups is 1. The third-order valence-corrected chi connectivity index (χ3v) is 4.04. The van der Waals surface area contributed by atoms with Crippen LogP contribution in [0.3, 0.4) is 0 Å². The number of amides is 1. The van der Waals surface area contributed by atoms with E-state index in [2.05, 4.69) is 15.6 Å². The Kier molecular flexibility index (Phi) is 8.61. The number of nitrogens with zero attached hydrogens (tertiary/aromatic N) is 3. The minimum Gasteiger partial charge on any atom is -0.352 e. The number of aliphatic imine (C=N–C) groups is 1. The molecule has 1 aromatic rings. The van der Waals surface area contributed by atoms with Gasteiger partial charge in [0.2, 0.25) is 5.91 Å². The van der Waals surface area contributed by atoms with Gasteiger partial charge in [-0.2, -0.15) is 5.26 Å². The van der Waals surface area contributed by atoms with Crippen molar-refractivity contribution in [3.63, 3.8) is 0 Å². The zero-order chi connectivity index (χ0) is 17.5. The van der Waals surface area contributed by atoms with Crippen LogP contribution in [0.15, 0.2) is 23.2 Å². The largest absolute Gasteiger partial charge is 0.352 e. The summed E-state index contributed by atoms with van der Waals surface area (Å²) >= 11 is 0. The van der Waals surface area contributed by atoms with E-state index in [9.17, 15) is 9.18 Å². The van der Waals surface area contributed by atoms with Crippen LogP contribution in [0.5, 0.6) is 0 Å². The van der Waals surface area contributed by atoms with E-state index in [-0.39, 0.29) is 42.5 Å². The fourth-order valence-electron chi connectivity index (χ4n) is 2.66. The van der Waals surface area contributed by atoms with Crippen LogP contribution in [-0.4, -0.2) is 42.9 Å². The summed E-state index contributed by atoms with van der Waals surface area (Å²) in [5.41, 5.74) is 0.761. The molecule has 6 nitrogen and oxygen atoms in total. The van der Waals surface area contributed by atoms with Crippen molar-refractivity contribution in [2.24, 2.45) is 4.99 Å². The number of halogens is 2. The van der Waals surface area contributed by atoms with Gasteiger partial charge in [0.15, 0.2) is 5.96 Å². The summed E-state index contributed by atoms with van der Waals surface area (Å²) in [7, 11) is 1.65. The number of nitrogens with one attached hydrogen (secondary N) is 2. The van der Waals surface area contributed by atoms with Gasteiger partial charge < -0.3 is 15.5 Å². The first-order valence-electron chi connectivity index (χ1n) is 8.00. The third-order valence-electron chi connectivity index (χ3n) is 4.04. The Morgan fingerprint density at radius 1 is 1.52 bits per heavy atom. The Hall–Kier alpha value is -1.89. The number of nitriles is 1. The van der Waals surface area contributed by atoms with Crippen LogP contribution >= 0.6 is 24.0 Å². The van der Waals surface area contributed by atoms with E-state index in [1.807, 2.05) is 17.9 Å². The zero-order valence-electron chi connectivity index (χ0n) is 14.4. The third kappa shape index (κ3) is 5.85. The molecule has 1 aromatic carbocycles. The van der Waals surface area contributed by atoms with Crippen molar-refractivity contribution in [3.8, 4) is 6.07 Å². The lowest BCUT2D eigenvalue weighted by molar-refractivity contribution is -0.129. The predicted octanol–water partition coefficient (Wildman–Crippen LogP) is 1.99. The van der Waals surface area contributed by atoms with Gasteiger partial charge in [0.25, 0.3) is 0 Å². The van der Waals surface area contributed by atoms with Crippen molar-refractivity contribution < 1.29 is 9.18 Å². The van der Waals surface area contributed by atoms with Crippen LogP contribution in [0.25, 0.3) is 0 Å². The van der Waals surface area contributed by atoms with Gasteiger partial charge in [-0.15, -0.1) is 24.0 Å². The van der Waals surface area contributed by atoms with Gasteiger partial charge in [-0.25, -0.2) is 4.39 Å². The first-order chi connectivity index (χ1) is 11.6. The number of carbonyl (C=O) groups excluding carboxylic acids is 1. The molecule has 25 heavy (non-hydrogen) atoms. The number of rotatable bonds is 4. The minimum absolute atomic E-state index is 0. The Labute approximate surface area is 164 Å². The molecule has 2 N–H and O–H groups in total. The highest BCUT2D eigenvalue weighted by Crippen LogP contribution is 2.11. The van der Waals surface area contributed by atoms with E-state index in [0.717, 1.165) is 13.0 Å². The second kappa shape index (κ2) is 10.2. The molecule has 0 radical (unpaired) electrons. The molecule has 1 unspecified atom stereocenters. The molecule has 2 rings (SSSR count). The molecule has 0 bridgehead atoms. The van der Waals surface area contributed by atoms with Crippen LogP contribution in [-0.2, 0) is 11.3 Å². The van der Waals surface area contributed by atoms with Crippen molar-refractivity contribution in [2.45, 2.75) is 32.4 Å². The molecule has 0 saturated carbocycles. The first-order valence-corrected chi connectivity index (χ1v) is 8.00. The van der Waals surface area contributed by atoms with Gasteiger partial charge in [0.1, 0.15) is 5.82 Å². The van der Waals surface area contributed by atoms with E-state index < -0.39 is 5.82 Å². The maximum absolute atomic E-state index is 13.9. The van der Waals surface area contributed by atoms with E-state index in [4.69, 9.17) is 5.26 Å². The number of hydrogen-bond donors (Lipinski definition) is 2.